The van der Waals surface area contributed by atoms with E-state index in [-0.39, 0.29) is 18.1 Å². The Kier molecular flexibility index (Phi) is 5.17. The van der Waals surface area contributed by atoms with Crippen molar-refractivity contribution in [1.29, 1.82) is 0 Å². The first-order valence-corrected chi connectivity index (χ1v) is 10.5. The third-order valence-corrected chi connectivity index (χ3v) is 6.39. The highest BCUT2D eigenvalue weighted by Gasteiger charge is 2.24. The van der Waals surface area contributed by atoms with E-state index in [0.29, 0.717) is 18.2 Å². The number of aryl methyl sites for hydroxylation is 3. The molecule has 6 nitrogen and oxygen atoms in total. The van der Waals surface area contributed by atoms with Crippen LogP contribution in [0.4, 0.5) is 5.13 Å². The van der Waals surface area contributed by atoms with Gasteiger partial charge in [0, 0.05) is 18.0 Å². The van der Waals surface area contributed by atoms with Crippen LogP contribution >= 0.6 is 11.3 Å². The third kappa shape index (κ3) is 3.20. The highest BCUT2D eigenvalue weighted by molar-refractivity contribution is 7.16. The number of amides is 1. The lowest BCUT2D eigenvalue weighted by Gasteiger charge is -2.18. The Hall–Kier alpha value is -2.67. The fraction of sp³-hybridized carbons (Fsp3) is 0.381. The van der Waals surface area contributed by atoms with E-state index in [0.717, 1.165) is 36.0 Å². The number of hydrogen-bond donors (Lipinski definition) is 0. The molecule has 4 rings (SSSR count). The number of para-hydroxylation sites is 2. The number of aromatic nitrogens is 3. The molecule has 0 unspecified atom stereocenters. The second-order valence-electron chi connectivity index (χ2n) is 6.97. The Labute approximate surface area is 167 Å². The fourth-order valence-electron chi connectivity index (χ4n) is 3.82. The number of nitrogens with zero attached hydrogens (tertiary/aromatic N) is 4. The molecule has 1 aliphatic rings. The Morgan fingerprint density at radius 3 is 2.64 bits per heavy atom. The first kappa shape index (κ1) is 18.7. The molecule has 1 aliphatic carbocycles. The van der Waals surface area contributed by atoms with E-state index in [1.54, 1.807) is 31.4 Å². The molecule has 0 atom stereocenters. The van der Waals surface area contributed by atoms with Crippen LogP contribution in [0.1, 0.15) is 30.3 Å². The van der Waals surface area contributed by atoms with Crippen LogP contribution in [0.5, 0.6) is 0 Å². The standard InChI is InChI=1S/C21H24N4O2S/c1-3-13-24(20-22-15-9-5-8-12-18(15)28-20)19(26)14-25-17-11-7-6-10-16(17)23(4-2)21(25)27/h3,6-7,10-11H,1,4-5,8-9,12-14H2,2H3. The van der Waals surface area contributed by atoms with Gasteiger partial charge in [-0.1, -0.05) is 18.2 Å². The SMILES string of the molecule is C=CCN(C(=O)Cn1c(=O)n(CC)c2ccccc21)c1nc2c(s1)CCCC2. The molecule has 0 aliphatic heterocycles. The van der Waals surface area contributed by atoms with Gasteiger partial charge in [0.05, 0.1) is 16.7 Å². The summed E-state index contributed by atoms with van der Waals surface area (Å²) in [6.45, 7) is 6.66. The van der Waals surface area contributed by atoms with E-state index in [9.17, 15) is 9.59 Å². The van der Waals surface area contributed by atoms with Crippen molar-refractivity contribution in [3.63, 3.8) is 0 Å². The minimum atomic E-state index is -0.158. The average Bonchev–Trinajstić information content (AvgIpc) is 3.25. The highest BCUT2D eigenvalue weighted by atomic mass is 32.1. The number of hydrogen-bond acceptors (Lipinski definition) is 4. The summed E-state index contributed by atoms with van der Waals surface area (Å²) in [6, 6.07) is 7.59. The van der Waals surface area contributed by atoms with Gasteiger partial charge in [0.1, 0.15) is 6.54 Å². The van der Waals surface area contributed by atoms with E-state index in [1.807, 2.05) is 31.2 Å². The predicted molar refractivity (Wildman–Crippen MR) is 113 cm³/mol. The summed E-state index contributed by atoms with van der Waals surface area (Å²) in [4.78, 5) is 33.7. The van der Waals surface area contributed by atoms with Crippen LogP contribution in [0.2, 0.25) is 0 Å². The second-order valence-corrected chi connectivity index (χ2v) is 8.03. The third-order valence-electron chi connectivity index (χ3n) is 5.21. The summed E-state index contributed by atoms with van der Waals surface area (Å²) in [5.41, 5.74) is 2.59. The molecule has 0 spiro atoms. The largest absolute Gasteiger partial charge is 0.329 e. The first-order valence-electron chi connectivity index (χ1n) is 9.72. The normalized spacial score (nSPS) is 13.5. The number of fused-ring (bicyclic) bond motifs is 2. The molecular formula is C21H24N4O2S. The Balaban J connectivity index is 1.69. The monoisotopic (exact) mass is 396 g/mol. The van der Waals surface area contributed by atoms with Gasteiger partial charge in [0.25, 0.3) is 0 Å². The van der Waals surface area contributed by atoms with Crippen molar-refractivity contribution in [2.24, 2.45) is 0 Å². The molecule has 3 aromatic rings. The number of carbonyl (C=O) groups is 1. The molecule has 0 fully saturated rings. The van der Waals surface area contributed by atoms with Crippen molar-refractivity contribution in [1.82, 2.24) is 14.1 Å². The molecule has 1 aromatic carbocycles. The van der Waals surface area contributed by atoms with Gasteiger partial charge >= 0.3 is 5.69 Å². The summed E-state index contributed by atoms with van der Waals surface area (Å²) < 4.78 is 3.26. The molecule has 2 heterocycles. The van der Waals surface area contributed by atoms with E-state index in [4.69, 9.17) is 4.98 Å². The van der Waals surface area contributed by atoms with Crippen LogP contribution in [0.3, 0.4) is 0 Å². The zero-order chi connectivity index (χ0) is 19.7. The first-order chi connectivity index (χ1) is 13.6. The van der Waals surface area contributed by atoms with Gasteiger partial charge < -0.3 is 0 Å². The van der Waals surface area contributed by atoms with Crippen LogP contribution in [0.15, 0.2) is 41.7 Å². The summed E-state index contributed by atoms with van der Waals surface area (Å²) in [6.07, 6.45) is 6.04. The minimum absolute atomic E-state index is 0.00949. The summed E-state index contributed by atoms with van der Waals surface area (Å²) in [5.74, 6) is -0.146. The highest BCUT2D eigenvalue weighted by Crippen LogP contribution is 2.32. The zero-order valence-electron chi connectivity index (χ0n) is 16.1. The van der Waals surface area contributed by atoms with Crippen molar-refractivity contribution >= 4 is 33.4 Å². The molecule has 0 N–H and O–H groups in total. The average molecular weight is 397 g/mol. The molecular weight excluding hydrogens is 372 g/mol. The molecule has 146 valence electrons. The number of benzene rings is 1. The van der Waals surface area contributed by atoms with Crippen molar-refractivity contribution in [2.45, 2.75) is 45.7 Å². The van der Waals surface area contributed by atoms with Gasteiger partial charge in [-0.2, -0.15) is 0 Å². The maximum Gasteiger partial charge on any atom is 0.329 e. The number of anilines is 1. The fourth-order valence-corrected chi connectivity index (χ4v) is 5.00. The molecule has 0 saturated carbocycles. The van der Waals surface area contributed by atoms with E-state index < -0.39 is 0 Å². The number of rotatable bonds is 6. The number of thiazole rings is 1. The maximum absolute atomic E-state index is 13.2. The molecule has 1 amide bonds. The van der Waals surface area contributed by atoms with E-state index in [1.165, 1.54) is 11.3 Å². The predicted octanol–water partition coefficient (Wildman–Crippen LogP) is 3.38. The van der Waals surface area contributed by atoms with Gasteiger partial charge in [-0.3, -0.25) is 18.8 Å². The lowest BCUT2D eigenvalue weighted by atomic mass is 10.0. The minimum Gasteiger partial charge on any atom is -0.292 e. The molecule has 0 saturated heterocycles. The van der Waals surface area contributed by atoms with Crippen LogP contribution in [0, 0.1) is 0 Å². The molecule has 7 heteroatoms. The smallest absolute Gasteiger partial charge is 0.292 e. The van der Waals surface area contributed by atoms with Gasteiger partial charge in [-0.05, 0) is 44.7 Å². The van der Waals surface area contributed by atoms with Gasteiger partial charge in [-0.25, -0.2) is 9.78 Å². The van der Waals surface area contributed by atoms with Gasteiger partial charge in [0.15, 0.2) is 5.13 Å². The van der Waals surface area contributed by atoms with Crippen LogP contribution in [-0.2, 0) is 30.7 Å². The molecule has 0 radical (unpaired) electrons. The van der Waals surface area contributed by atoms with Crippen molar-refractivity contribution in [2.75, 3.05) is 11.4 Å². The topological polar surface area (TPSA) is 60.1 Å². The van der Waals surface area contributed by atoms with E-state index in [2.05, 4.69) is 6.58 Å². The Morgan fingerprint density at radius 1 is 1.25 bits per heavy atom. The number of carbonyl (C=O) groups excluding carboxylic acids is 1. The quantitative estimate of drug-likeness (QED) is 0.600. The van der Waals surface area contributed by atoms with Crippen LogP contribution in [-0.4, -0.2) is 26.6 Å². The second kappa shape index (κ2) is 7.75. The van der Waals surface area contributed by atoms with Crippen molar-refractivity contribution in [3.8, 4) is 0 Å². The zero-order valence-corrected chi connectivity index (χ0v) is 16.9. The lowest BCUT2D eigenvalue weighted by Crippen LogP contribution is -2.37. The summed E-state index contributed by atoms with van der Waals surface area (Å²) in [7, 11) is 0. The van der Waals surface area contributed by atoms with Gasteiger partial charge in [0.2, 0.25) is 5.91 Å². The lowest BCUT2D eigenvalue weighted by molar-refractivity contribution is -0.119. The maximum atomic E-state index is 13.2. The van der Waals surface area contributed by atoms with Crippen molar-refractivity contribution < 1.29 is 4.79 Å². The Morgan fingerprint density at radius 2 is 1.96 bits per heavy atom. The van der Waals surface area contributed by atoms with Crippen molar-refractivity contribution in [3.05, 3.63) is 58.0 Å². The molecule has 28 heavy (non-hydrogen) atoms. The molecule has 0 bridgehead atoms. The molecule has 2 aromatic heterocycles. The number of imidazole rings is 1. The summed E-state index contributed by atoms with van der Waals surface area (Å²) >= 11 is 1.59. The van der Waals surface area contributed by atoms with E-state index >= 15 is 0 Å². The van der Waals surface area contributed by atoms with Crippen LogP contribution < -0.4 is 10.6 Å². The van der Waals surface area contributed by atoms with Crippen LogP contribution in [0.25, 0.3) is 11.0 Å². The van der Waals surface area contributed by atoms with Gasteiger partial charge in [-0.15, -0.1) is 17.9 Å². The Bertz CT molecular complexity index is 1070. The summed E-state index contributed by atoms with van der Waals surface area (Å²) in [5, 5.41) is 0.712.